The van der Waals surface area contributed by atoms with Crippen molar-refractivity contribution in [1.82, 2.24) is 0 Å². The molecule has 5 heteroatoms. The van der Waals surface area contributed by atoms with Crippen LogP contribution in [-0.4, -0.2) is 9.96 Å². The molecule has 4 nitrogen and oxygen atoms in total. The summed E-state index contributed by atoms with van der Waals surface area (Å²) in [6, 6.07) is 0. The molecule has 0 N–H and O–H groups in total. The molecule has 0 spiro atoms. The van der Waals surface area contributed by atoms with Crippen molar-refractivity contribution in [3.8, 4) is 0 Å². The Kier molecular flexibility index (Phi) is 18.1. The van der Waals surface area contributed by atoms with Crippen molar-refractivity contribution in [2.24, 2.45) is 0 Å². The van der Waals surface area contributed by atoms with Gasteiger partial charge in [0.1, 0.15) is 0 Å². The van der Waals surface area contributed by atoms with Crippen LogP contribution in [0.25, 0.3) is 0 Å². The molecule has 0 heterocycles. The molecule has 0 aromatic carbocycles. The molecule has 0 aromatic rings. The summed E-state index contributed by atoms with van der Waals surface area (Å²) in [6.07, 6.45) is 18.1. The van der Waals surface area contributed by atoms with Crippen molar-refractivity contribution in [2.45, 2.75) is 96.8 Å². The maximum Gasteiger partial charge on any atom is 0.186 e. The van der Waals surface area contributed by atoms with Crippen molar-refractivity contribution in [2.75, 3.05) is 5.75 Å². The Morgan fingerprint density at radius 3 is 1.48 bits per heavy atom. The first kappa shape index (κ1) is 21.0. The molecule has 0 aliphatic rings. The minimum absolute atomic E-state index is 0.389. The van der Waals surface area contributed by atoms with Crippen LogP contribution in [0.4, 0.5) is 0 Å². The molecule has 1 atom stereocenters. The van der Waals surface area contributed by atoms with E-state index in [9.17, 15) is 9.47 Å². The highest BCUT2D eigenvalue weighted by atomic mass is 32.2. The number of hydrogen-bond acceptors (Lipinski definition) is 4. The smallest absolute Gasteiger partial charge is 0.186 e. The molecule has 0 radical (unpaired) electrons. The zero-order valence-electron chi connectivity index (χ0n) is 13.6. The third-order valence-electron chi connectivity index (χ3n) is 3.77. The SMILES string of the molecule is CCCCCCCCCCCCCCCCS(=O)OO[O-]. The summed E-state index contributed by atoms with van der Waals surface area (Å²) >= 11 is -1.57. The summed E-state index contributed by atoms with van der Waals surface area (Å²) < 4.78 is 14.9. The van der Waals surface area contributed by atoms with Crippen LogP contribution in [0.1, 0.15) is 96.8 Å². The van der Waals surface area contributed by atoms with Crippen LogP contribution in [0.5, 0.6) is 0 Å². The molecule has 0 fully saturated rings. The van der Waals surface area contributed by atoms with E-state index in [-0.39, 0.29) is 0 Å². The minimum Gasteiger partial charge on any atom is -0.691 e. The second-order valence-corrected chi connectivity index (χ2v) is 6.89. The molecule has 0 aliphatic carbocycles. The van der Waals surface area contributed by atoms with Crippen LogP contribution in [0.3, 0.4) is 0 Å². The van der Waals surface area contributed by atoms with Gasteiger partial charge in [-0.2, -0.15) is 0 Å². The maximum atomic E-state index is 10.9. The molecule has 0 saturated heterocycles. The molecular formula is C16H33O4S-. The first-order valence-corrected chi connectivity index (χ1v) is 9.91. The molecule has 0 rings (SSSR count). The van der Waals surface area contributed by atoms with Crippen LogP contribution < -0.4 is 5.26 Å². The summed E-state index contributed by atoms with van der Waals surface area (Å²) in [5.41, 5.74) is 0. The Morgan fingerprint density at radius 1 is 0.714 bits per heavy atom. The molecule has 0 saturated carbocycles. The molecule has 0 bridgehead atoms. The maximum absolute atomic E-state index is 10.9. The van der Waals surface area contributed by atoms with Gasteiger partial charge in [0.15, 0.2) is 11.1 Å². The quantitative estimate of drug-likeness (QED) is 0.227. The van der Waals surface area contributed by atoms with E-state index in [0.717, 1.165) is 12.8 Å². The zero-order chi connectivity index (χ0) is 15.6. The lowest BCUT2D eigenvalue weighted by Crippen LogP contribution is -2.10. The summed E-state index contributed by atoms with van der Waals surface area (Å²) in [5, 5.41) is 12.7. The van der Waals surface area contributed by atoms with Crippen LogP contribution in [-0.2, 0) is 20.5 Å². The van der Waals surface area contributed by atoms with Crippen molar-refractivity contribution in [3.63, 3.8) is 0 Å². The van der Waals surface area contributed by atoms with E-state index >= 15 is 0 Å². The Labute approximate surface area is 133 Å². The van der Waals surface area contributed by atoms with E-state index in [1.807, 2.05) is 0 Å². The minimum atomic E-state index is -1.57. The summed E-state index contributed by atoms with van der Waals surface area (Å²) in [7, 11) is 0. The van der Waals surface area contributed by atoms with Gasteiger partial charge in [-0.1, -0.05) is 90.4 Å². The van der Waals surface area contributed by atoms with Crippen LogP contribution in [0.2, 0.25) is 0 Å². The fourth-order valence-corrected chi connectivity index (χ4v) is 3.05. The van der Waals surface area contributed by atoms with Crippen LogP contribution in [0, 0.1) is 0 Å². The van der Waals surface area contributed by atoms with E-state index in [4.69, 9.17) is 0 Å². The van der Waals surface area contributed by atoms with Gasteiger partial charge in [-0.05, 0) is 6.42 Å². The third kappa shape index (κ3) is 18.0. The molecule has 128 valence electrons. The molecular weight excluding hydrogens is 288 g/mol. The highest BCUT2D eigenvalue weighted by molar-refractivity contribution is 7.80. The lowest BCUT2D eigenvalue weighted by atomic mass is 10.0. The van der Waals surface area contributed by atoms with E-state index in [2.05, 4.69) is 16.3 Å². The van der Waals surface area contributed by atoms with E-state index in [1.165, 1.54) is 77.0 Å². The zero-order valence-corrected chi connectivity index (χ0v) is 14.5. The Morgan fingerprint density at radius 2 is 1.10 bits per heavy atom. The van der Waals surface area contributed by atoms with Gasteiger partial charge in [0.05, 0.1) is 5.75 Å². The van der Waals surface area contributed by atoms with Crippen molar-refractivity contribution in [1.29, 1.82) is 0 Å². The lowest BCUT2D eigenvalue weighted by Gasteiger charge is -2.05. The van der Waals surface area contributed by atoms with Crippen molar-refractivity contribution in [3.05, 3.63) is 0 Å². The monoisotopic (exact) mass is 321 g/mol. The van der Waals surface area contributed by atoms with Crippen LogP contribution >= 0.6 is 0 Å². The number of unbranched alkanes of at least 4 members (excludes halogenated alkanes) is 13. The third-order valence-corrected chi connectivity index (χ3v) is 4.60. The predicted molar refractivity (Wildman–Crippen MR) is 85.5 cm³/mol. The Bertz CT molecular complexity index is 224. The fourth-order valence-electron chi connectivity index (χ4n) is 2.48. The molecule has 0 amide bonds. The second-order valence-electron chi connectivity index (χ2n) is 5.74. The molecule has 21 heavy (non-hydrogen) atoms. The fraction of sp³-hybridized carbons (Fsp3) is 1.00. The largest absolute Gasteiger partial charge is 0.691 e. The summed E-state index contributed by atoms with van der Waals surface area (Å²) in [5.74, 6) is 0.389. The van der Waals surface area contributed by atoms with Gasteiger partial charge in [-0.25, -0.2) is 4.21 Å². The van der Waals surface area contributed by atoms with Gasteiger partial charge >= 0.3 is 0 Å². The summed E-state index contributed by atoms with van der Waals surface area (Å²) in [4.78, 5) is 0. The number of hydrogen-bond donors (Lipinski definition) is 0. The van der Waals surface area contributed by atoms with Crippen LogP contribution in [0.15, 0.2) is 0 Å². The standard InChI is InChI=1S/C16H34O4S/c1-2-3-4-5-6-7-8-9-10-11-12-13-14-15-16-21(18)20-19-17/h17H,2-16H2,1H3/p-1. The summed E-state index contributed by atoms with van der Waals surface area (Å²) in [6.45, 7) is 2.26. The van der Waals surface area contributed by atoms with Gasteiger partial charge in [-0.3, -0.25) is 5.04 Å². The highest BCUT2D eigenvalue weighted by Crippen LogP contribution is 2.13. The highest BCUT2D eigenvalue weighted by Gasteiger charge is 1.99. The Balaban J connectivity index is 3.01. The van der Waals surface area contributed by atoms with Crippen molar-refractivity contribution >= 4 is 11.1 Å². The van der Waals surface area contributed by atoms with Gasteiger partial charge in [-0.15, -0.1) is 4.33 Å². The second kappa shape index (κ2) is 18.1. The average molecular weight is 322 g/mol. The van der Waals surface area contributed by atoms with Gasteiger partial charge < -0.3 is 5.26 Å². The molecule has 0 aromatic heterocycles. The van der Waals surface area contributed by atoms with Gasteiger partial charge in [0.25, 0.3) is 0 Å². The van der Waals surface area contributed by atoms with E-state index in [0.29, 0.717) is 5.75 Å². The van der Waals surface area contributed by atoms with E-state index < -0.39 is 11.1 Å². The Hall–Kier alpha value is 0.0300. The van der Waals surface area contributed by atoms with Gasteiger partial charge in [0, 0.05) is 0 Å². The topological polar surface area (TPSA) is 58.6 Å². The molecule has 1 unspecified atom stereocenters. The first-order valence-electron chi connectivity index (χ1n) is 8.66. The molecule has 0 aliphatic heterocycles. The van der Waals surface area contributed by atoms with Gasteiger partial charge in [0.2, 0.25) is 0 Å². The lowest BCUT2D eigenvalue weighted by molar-refractivity contribution is -0.778. The van der Waals surface area contributed by atoms with Crippen molar-refractivity contribution < 1.29 is 18.8 Å². The van der Waals surface area contributed by atoms with E-state index in [1.54, 1.807) is 0 Å². The predicted octanol–water partition coefficient (Wildman–Crippen LogP) is 4.35. The first-order chi connectivity index (χ1) is 10.3. The normalized spacial score (nSPS) is 12.7. The number of rotatable bonds is 17. The average Bonchev–Trinajstić information content (AvgIpc) is 2.48.